The first-order valence-electron chi connectivity index (χ1n) is 5.42. The summed E-state index contributed by atoms with van der Waals surface area (Å²) in [5, 5.41) is 5.86. The lowest BCUT2D eigenvalue weighted by molar-refractivity contribution is -0.119. The largest absolute Gasteiger partial charge is 0.381 e. The van der Waals surface area contributed by atoms with Gasteiger partial charge in [0, 0.05) is 25.3 Å². The first kappa shape index (κ1) is 12.5. The topological polar surface area (TPSA) is 67.2 Å². The predicted molar refractivity (Wildman–Crippen MR) is 66.4 cm³/mol. The third kappa shape index (κ3) is 3.90. The highest BCUT2D eigenvalue weighted by molar-refractivity contribution is 5.78. The van der Waals surface area contributed by atoms with Gasteiger partial charge in [0.1, 0.15) is 0 Å². The van der Waals surface area contributed by atoms with E-state index in [2.05, 4.69) is 10.6 Å². The van der Waals surface area contributed by atoms with Crippen LogP contribution in [0.4, 0.5) is 5.69 Å². The lowest BCUT2D eigenvalue weighted by Crippen LogP contribution is -2.25. The molecule has 4 heteroatoms. The summed E-state index contributed by atoms with van der Waals surface area (Å²) in [5.74, 6) is 0.0241. The fourth-order valence-corrected chi connectivity index (χ4v) is 1.34. The van der Waals surface area contributed by atoms with Crippen LogP contribution in [0.2, 0.25) is 0 Å². The van der Waals surface area contributed by atoms with Gasteiger partial charge in [-0.15, -0.1) is 0 Å². The van der Waals surface area contributed by atoms with Gasteiger partial charge in [0.05, 0.1) is 6.42 Å². The number of likely N-dealkylation sites (N-methyl/N-ethyl adjacent to an activating group) is 1. The summed E-state index contributed by atoms with van der Waals surface area (Å²) in [5.41, 5.74) is 7.55. The van der Waals surface area contributed by atoms with Crippen molar-refractivity contribution in [1.29, 1.82) is 0 Å². The third-order valence-corrected chi connectivity index (χ3v) is 2.36. The summed E-state index contributed by atoms with van der Waals surface area (Å²) in [7, 11) is 1.64. The second-order valence-electron chi connectivity index (χ2n) is 3.83. The Balaban J connectivity index is 2.57. The molecule has 0 bridgehead atoms. The number of carbonyl (C=O) groups is 1. The SMILES string of the molecule is CNC(=O)Cc1ccc(NC(C)CN)cc1. The summed E-state index contributed by atoms with van der Waals surface area (Å²) in [6, 6.07) is 8.07. The van der Waals surface area contributed by atoms with Gasteiger partial charge in [-0.3, -0.25) is 4.79 Å². The molecule has 0 fully saturated rings. The van der Waals surface area contributed by atoms with Gasteiger partial charge in [-0.2, -0.15) is 0 Å². The van der Waals surface area contributed by atoms with E-state index in [1.807, 2.05) is 31.2 Å². The van der Waals surface area contributed by atoms with Crippen molar-refractivity contribution in [3.63, 3.8) is 0 Å². The van der Waals surface area contributed by atoms with Crippen molar-refractivity contribution in [2.24, 2.45) is 5.73 Å². The molecule has 1 amide bonds. The molecule has 0 heterocycles. The van der Waals surface area contributed by atoms with Crippen LogP contribution in [0, 0.1) is 0 Å². The van der Waals surface area contributed by atoms with Crippen LogP contribution >= 0.6 is 0 Å². The highest BCUT2D eigenvalue weighted by Crippen LogP contribution is 2.10. The van der Waals surface area contributed by atoms with Gasteiger partial charge in [-0.25, -0.2) is 0 Å². The number of nitrogens with two attached hydrogens (primary N) is 1. The van der Waals surface area contributed by atoms with E-state index in [0.29, 0.717) is 13.0 Å². The zero-order valence-electron chi connectivity index (χ0n) is 9.79. The van der Waals surface area contributed by atoms with E-state index in [4.69, 9.17) is 5.73 Å². The van der Waals surface area contributed by atoms with Crippen molar-refractivity contribution in [2.45, 2.75) is 19.4 Å². The highest BCUT2D eigenvalue weighted by atomic mass is 16.1. The van der Waals surface area contributed by atoms with Gasteiger partial charge in [-0.1, -0.05) is 12.1 Å². The van der Waals surface area contributed by atoms with Crippen LogP contribution in [0.25, 0.3) is 0 Å². The van der Waals surface area contributed by atoms with E-state index in [1.54, 1.807) is 7.05 Å². The van der Waals surface area contributed by atoms with Crippen LogP contribution in [-0.2, 0) is 11.2 Å². The Kier molecular flexibility index (Phi) is 4.79. The van der Waals surface area contributed by atoms with Gasteiger partial charge >= 0.3 is 0 Å². The molecular formula is C12H19N3O. The Bertz CT molecular complexity index is 335. The van der Waals surface area contributed by atoms with Crippen molar-refractivity contribution in [1.82, 2.24) is 5.32 Å². The average molecular weight is 221 g/mol. The monoisotopic (exact) mass is 221 g/mol. The zero-order valence-corrected chi connectivity index (χ0v) is 9.79. The molecule has 0 radical (unpaired) electrons. The minimum absolute atomic E-state index is 0.0241. The number of hydrogen-bond acceptors (Lipinski definition) is 3. The summed E-state index contributed by atoms with van der Waals surface area (Å²) >= 11 is 0. The maximum Gasteiger partial charge on any atom is 0.224 e. The molecule has 16 heavy (non-hydrogen) atoms. The predicted octanol–water partition coefficient (Wildman–Crippen LogP) is 0.734. The van der Waals surface area contributed by atoms with Crippen LogP contribution in [0.3, 0.4) is 0 Å². The Morgan fingerprint density at radius 1 is 1.38 bits per heavy atom. The van der Waals surface area contributed by atoms with Gasteiger partial charge in [0.2, 0.25) is 5.91 Å². The van der Waals surface area contributed by atoms with E-state index < -0.39 is 0 Å². The number of anilines is 1. The average Bonchev–Trinajstić information content (AvgIpc) is 2.31. The molecule has 0 saturated carbocycles. The third-order valence-electron chi connectivity index (χ3n) is 2.36. The Morgan fingerprint density at radius 3 is 2.50 bits per heavy atom. The van der Waals surface area contributed by atoms with Crippen molar-refractivity contribution < 1.29 is 4.79 Å². The van der Waals surface area contributed by atoms with E-state index in [0.717, 1.165) is 11.3 Å². The van der Waals surface area contributed by atoms with Crippen molar-refractivity contribution in [3.05, 3.63) is 29.8 Å². The standard InChI is InChI=1S/C12H19N3O/c1-9(8-13)15-11-5-3-10(4-6-11)7-12(16)14-2/h3-6,9,15H,7-8,13H2,1-2H3,(H,14,16). The van der Waals surface area contributed by atoms with Crippen molar-refractivity contribution in [3.8, 4) is 0 Å². The van der Waals surface area contributed by atoms with Crippen LogP contribution in [0.15, 0.2) is 24.3 Å². The maximum absolute atomic E-state index is 11.1. The highest BCUT2D eigenvalue weighted by Gasteiger charge is 2.02. The quantitative estimate of drug-likeness (QED) is 0.687. The number of hydrogen-bond donors (Lipinski definition) is 3. The number of carbonyl (C=O) groups excluding carboxylic acids is 1. The molecule has 1 aromatic rings. The molecular weight excluding hydrogens is 202 g/mol. The van der Waals surface area contributed by atoms with Crippen LogP contribution < -0.4 is 16.4 Å². The molecule has 0 aliphatic rings. The number of rotatable bonds is 5. The summed E-state index contributed by atoms with van der Waals surface area (Å²) in [6.45, 7) is 2.62. The van der Waals surface area contributed by atoms with Crippen molar-refractivity contribution >= 4 is 11.6 Å². The van der Waals surface area contributed by atoms with Gasteiger partial charge in [-0.05, 0) is 24.6 Å². The fraction of sp³-hybridized carbons (Fsp3) is 0.417. The van der Waals surface area contributed by atoms with Crippen LogP contribution in [0.5, 0.6) is 0 Å². The summed E-state index contributed by atoms with van der Waals surface area (Å²) in [4.78, 5) is 11.1. The molecule has 1 unspecified atom stereocenters. The minimum Gasteiger partial charge on any atom is -0.381 e. The molecule has 4 nitrogen and oxygen atoms in total. The molecule has 0 aliphatic carbocycles. The molecule has 1 atom stereocenters. The Labute approximate surface area is 96.2 Å². The maximum atomic E-state index is 11.1. The Hall–Kier alpha value is -1.55. The number of amides is 1. The fourth-order valence-electron chi connectivity index (χ4n) is 1.34. The molecule has 0 spiro atoms. The second kappa shape index (κ2) is 6.12. The molecule has 0 saturated heterocycles. The van der Waals surface area contributed by atoms with E-state index in [1.165, 1.54) is 0 Å². The van der Waals surface area contributed by atoms with Gasteiger partial charge in [0.25, 0.3) is 0 Å². The van der Waals surface area contributed by atoms with Crippen LogP contribution in [-0.4, -0.2) is 25.5 Å². The molecule has 0 aliphatic heterocycles. The molecule has 0 aromatic heterocycles. The molecule has 88 valence electrons. The lowest BCUT2D eigenvalue weighted by Gasteiger charge is -2.13. The number of benzene rings is 1. The van der Waals surface area contributed by atoms with Crippen molar-refractivity contribution in [2.75, 3.05) is 18.9 Å². The second-order valence-corrected chi connectivity index (χ2v) is 3.83. The zero-order chi connectivity index (χ0) is 12.0. The van der Waals surface area contributed by atoms with E-state index in [-0.39, 0.29) is 11.9 Å². The molecule has 1 aromatic carbocycles. The minimum atomic E-state index is 0.0241. The van der Waals surface area contributed by atoms with Crippen LogP contribution in [0.1, 0.15) is 12.5 Å². The van der Waals surface area contributed by atoms with Gasteiger partial charge < -0.3 is 16.4 Å². The summed E-state index contributed by atoms with van der Waals surface area (Å²) in [6.07, 6.45) is 0.420. The van der Waals surface area contributed by atoms with E-state index >= 15 is 0 Å². The first-order chi connectivity index (χ1) is 7.65. The summed E-state index contributed by atoms with van der Waals surface area (Å²) < 4.78 is 0. The van der Waals surface area contributed by atoms with E-state index in [9.17, 15) is 4.79 Å². The number of nitrogens with one attached hydrogen (secondary N) is 2. The Morgan fingerprint density at radius 2 is 2.00 bits per heavy atom. The van der Waals surface area contributed by atoms with Gasteiger partial charge in [0.15, 0.2) is 0 Å². The lowest BCUT2D eigenvalue weighted by atomic mass is 10.1. The smallest absolute Gasteiger partial charge is 0.224 e. The normalized spacial score (nSPS) is 11.9. The molecule has 4 N–H and O–H groups in total. The molecule has 1 rings (SSSR count). The first-order valence-corrected chi connectivity index (χ1v) is 5.42.